The molecule has 158 valence electrons. The lowest BCUT2D eigenvalue weighted by molar-refractivity contribution is -0.131. The van der Waals surface area contributed by atoms with Gasteiger partial charge in [0, 0.05) is 6.54 Å². The Labute approximate surface area is 191 Å². The molecule has 0 bridgehead atoms. The fourth-order valence-corrected chi connectivity index (χ4v) is 4.27. The quantitative estimate of drug-likeness (QED) is 0.541. The van der Waals surface area contributed by atoms with Crippen LogP contribution in [0.5, 0.6) is 0 Å². The summed E-state index contributed by atoms with van der Waals surface area (Å²) >= 11 is 12.4. The zero-order chi connectivity index (χ0) is 22.0. The predicted octanol–water partition coefficient (Wildman–Crippen LogP) is 4.88. The van der Waals surface area contributed by atoms with E-state index in [-0.39, 0.29) is 12.6 Å². The van der Waals surface area contributed by atoms with E-state index in [1.165, 1.54) is 4.90 Å². The van der Waals surface area contributed by atoms with Gasteiger partial charge in [-0.3, -0.25) is 9.69 Å². The van der Waals surface area contributed by atoms with Gasteiger partial charge < -0.3 is 5.32 Å². The lowest BCUT2D eigenvalue weighted by Gasteiger charge is -2.29. The number of carbonyl (C=O) groups excluding carboxylic acids is 2. The van der Waals surface area contributed by atoms with Crippen molar-refractivity contribution in [2.45, 2.75) is 12.1 Å². The molecule has 0 spiro atoms. The van der Waals surface area contributed by atoms with Gasteiger partial charge in [0.05, 0.1) is 16.7 Å². The highest BCUT2D eigenvalue weighted by Crippen LogP contribution is 2.36. The van der Waals surface area contributed by atoms with Gasteiger partial charge in [-0.05, 0) is 29.8 Å². The molecule has 3 aromatic carbocycles. The highest BCUT2D eigenvalue weighted by atomic mass is 35.5. The molecule has 1 heterocycles. The minimum atomic E-state index is -1.27. The van der Waals surface area contributed by atoms with Crippen LogP contribution in [0.2, 0.25) is 10.0 Å². The molecule has 5 nitrogen and oxygen atoms in total. The Balaban J connectivity index is 1.64. The summed E-state index contributed by atoms with van der Waals surface area (Å²) in [5.41, 5.74) is 0.972. The van der Waals surface area contributed by atoms with Crippen LogP contribution in [0.25, 0.3) is 0 Å². The highest BCUT2D eigenvalue weighted by molar-refractivity contribution is 6.42. The summed E-state index contributed by atoms with van der Waals surface area (Å²) in [5, 5.41) is 3.89. The Hall–Kier alpha value is -2.86. The van der Waals surface area contributed by atoms with Crippen molar-refractivity contribution in [3.05, 3.63) is 106 Å². The number of halogens is 2. The average Bonchev–Trinajstić information content (AvgIpc) is 3.04. The van der Waals surface area contributed by atoms with Gasteiger partial charge >= 0.3 is 6.03 Å². The molecule has 31 heavy (non-hydrogen) atoms. The Kier molecular flexibility index (Phi) is 6.01. The van der Waals surface area contributed by atoms with E-state index < -0.39 is 11.6 Å². The van der Waals surface area contributed by atoms with Crippen molar-refractivity contribution in [2.24, 2.45) is 0 Å². The lowest BCUT2D eigenvalue weighted by atomic mass is 9.83. The number of nitrogens with zero attached hydrogens (tertiary/aromatic N) is 2. The zero-order valence-corrected chi connectivity index (χ0v) is 18.4. The van der Waals surface area contributed by atoms with Gasteiger partial charge in [0.2, 0.25) is 0 Å². The van der Waals surface area contributed by atoms with Crippen molar-refractivity contribution in [3.8, 4) is 0 Å². The zero-order valence-electron chi connectivity index (χ0n) is 16.9. The molecule has 0 atom stereocenters. The van der Waals surface area contributed by atoms with Crippen molar-refractivity contribution in [1.82, 2.24) is 15.1 Å². The fraction of sp³-hybridized carbons (Fsp3) is 0.167. The summed E-state index contributed by atoms with van der Waals surface area (Å²) in [7, 11) is 1.82. The molecule has 3 aromatic rings. The monoisotopic (exact) mass is 453 g/mol. The smallest absolute Gasteiger partial charge is 0.315 e. The molecule has 0 aromatic heterocycles. The van der Waals surface area contributed by atoms with E-state index in [0.29, 0.717) is 27.7 Å². The number of nitrogens with one attached hydrogen (secondary N) is 1. The first kappa shape index (κ1) is 21.4. The van der Waals surface area contributed by atoms with E-state index in [1.807, 2.05) is 84.7 Å². The van der Waals surface area contributed by atoms with Crippen molar-refractivity contribution < 1.29 is 9.59 Å². The average molecular weight is 454 g/mol. The molecular formula is C24H21Cl2N3O2. The summed E-state index contributed by atoms with van der Waals surface area (Å²) in [6.07, 6.45) is 0. The molecule has 3 amide bonds. The van der Waals surface area contributed by atoms with Crippen LogP contribution < -0.4 is 5.32 Å². The second-order valence-corrected chi connectivity index (χ2v) is 8.30. The maximum Gasteiger partial charge on any atom is 0.326 e. The van der Waals surface area contributed by atoms with Crippen LogP contribution in [0.3, 0.4) is 0 Å². The Bertz CT molecular complexity index is 1070. The van der Waals surface area contributed by atoms with Gasteiger partial charge in [-0.1, -0.05) is 96.0 Å². The van der Waals surface area contributed by atoms with Crippen LogP contribution in [0, 0.1) is 0 Å². The predicted molar refractivity (Wildman–Crippen MR) is 122 cm³/mol. The Morgan fingerprint density at radius 2 is 1.45 bits per heavy atom. The van der Waals surface area contributed by atoms with Crippen molar-refractivity contribution in [3.63, 3.8) is 0 Å². The molecule has 4 rings (SSSR count). The van der Waals surface area contributed by atoms with Gasteiger partial charge in [-0.25, -0.2) is 9.69 Å². The summed E-state index contributed by atoms with van der Waals surface area (Å²) in [5.74, 6) is -0.320. The van der Waals surface area contributed by atoms with Crippen LogP contribution >= 0.6 is 23.2 Å². The normalized spacial score (nSPS) is 15.4. The van der Waals surface area contributed by atoms with E-state index >= 15 is 0 Å². The van der Waals surface area contributed by atoms with Gasteiger partial charge in [-0.15, -0.1) is 0 Å². The first-order valence-electron chi connectivity index (χ1n) is 9.80. The SMILES string of the molecule is CN(Cc1cccc(Cl)c1Cl)CN1C(=O)NC(c2ccccc2)(c2ccccc2)C1=O. The van der Waals surface area contributed by atoms with Crippen LogP contribution in [0.15, 0.2) is 78.9 Å². The Morgan fingerprint density at radius 1 is 0.871 bits per heavy atom. The molecule has 0 saturated carbocycles. The number of hydrogen-bond acceptors (Lipinski definition) is 3. The molecule has 0 unspecified atom stereocenters. The van der Waals surface area contributed by atoms with Crippen LogP contribution in [-0.4, -0.2) is 35.5 Å². The topological polar surface area (TPSA) is 52.6 Å². The molecular weight excluding hydrogens is 433 g/mol. The number of amides is 3. The van der Waals surface area contributed by atoms with Gasteiger partial charge in [0.25, 0.3) is 5.91 Å². The second-order valence-electron chi connectivity index (χ2n) is 7.51. The number of urea groups is 1. The summed E-state index contributed by atoms with van der Waals surface area (Å²) in [6.45, 7) is 0.537. The molecule has 1 fully saturated rings. The molecule has 7 heteroatoms. The molecule has 1 aliphatic rings. The first-order valence-corrected chi connectivity index (χ1v) is 10.6. The van der Waals surface area contributed by atoms with Crippen LogP contribution in [0.1, 0.15) is 16.7 Å². The second kappa shape index (κ2) is 8.71. The van der Waals surface area contributed by atoms with E-state index in [0.717, 1.165) is 5.56 Å². The van der Waals surface area contributed by atoms with E-state index in [4.69, 9.17) is 23.2 Å². The largest absolute Gasteiger partial charge is 0.326 e. The van der Waals surface area contributed by atoms with Crippen LogP contribution in [0.4, 0.5) is 4.79 Å². The standard InChI is InChI=1S/C24H21Cl2N3O2/c1-28(15-17-9-8-14-20(25)21(17)26)16-29-22(30)24(27-23(29)31,18-10-4-2-5-11-18)19-12-6-3-7-13-19/h2-14H,15-16H2,1H3,(H,27,31). The Morgan fingerprint density at radius 3 is 2.03 bits per heavy atom. The molecule has 1 saturated heterocycles. The molecule has 1 N–H and O–H groups in total. The van der Waals surface area contributed by atoms with Crippen molar-refractivity contribution in [1.29, 1.82) is 0 Å². The minimum Gasteiger partial charge on any atom is -0.315 e. The number of carbonyl (C=O) groups is 2. The fourth-order valence-electron chi connectivity index (χ4n) is 3.89. The maximum absolute atomic E-state index is 13.7. The number of imide groups is 1. The maximum atomic E-state index is 13.7. The number of benzene rings is 3. The number of hydrogen-bond donors (Lipinski definition) is 1. The number of rotatable bonds is 6. The third-order valence-electron chi connectivity index (χ3n) is 5.37. The molecule has 0 radical (unpaired) electrons. The van der Waals surface area contributed by atoms with Gasteiger partial charge in [0.15, 0.2) is 5.54 Å². The molecule has 0 aliphatic carbocycles. The van der Waals surface area contributed by atoms with Gasteiger partial charge in [-0.2, -0.15) is 0 Å². The summed E-state index contributed by atoms with van der Waals surface area (Å²) in [4.78, 5) is 29.8. The third-order valence-corrected chi connectivity index (χ3v) is 6.23. The van der Waals surface area contributed by atoms with Gasteiger partial charge in [0.1, 0.15) is 0 Å². The highest BCUT2D eigenvalue weighted by Gasteiger charge is 2.53. The minimum absolute atomic E-state index is 0.106. The first-order chi connectivity index (χ1) is 14.9. The lowest BCUT2D eigenvalue weighted by Crippen LogP contribution is -2.46. The molecule has 1 aliphatic heterocycles. The van der Waals surface area contributed by atoms with Crippen molar-refractivity contribution >= 4 is 35.1 Å². The third kappa shape index (κ3) is 3.92. The van der Waals surface area contributed by atoms with E-state index in [9.17, 15) is 9.59 Å². The summed E-state index contributed by atoms with van der Waals surface area (Å²) in [6, 6.07) is 23.6. The van der Waals surface area contributed by atoms with Crippen LogP contribution in [-0.2, 0) is 16.9 Å². The van der Waals surface area contributed by atoms with E-state index in [1.54, 1.807) is 6.07 Å². The van der Waals surface area contributed by atoms with Crippen molar-refractivity contribution in [2.75, 3.05) is 13.7 Å². The summed E-state index contributed by atoms with van der Waals surface area (Å²) < 4.78 is 0. The van der Waals surface area contributed by atoms with E-state index in [2.05, 4.69) is 5.32 Å².